The third kappa shape index (κ3) is 3.06. The van der Waals surface area contributed by atoms with Crippen LogP contribution in [0.4, 0.5) is 5.13 Å². The number of hydrogen-bond donors (Lipinski definition) is 1. The van der Waals surface area contributed by atoms with Crippen LogP contribution < -0.4 is 4.90 Å². The molecule has 5 nitrogen and oxygen atoms in total. The summed E-state index contributed by atoms with van der Waals surface area (Å²) in [5, 5.41) is 14.6. The Kier molecular flexibility index (Phi) is 4.87. The monoisotopic (exact) mass is 410 g/mol. The summed E-state index contributed by atoms with van der Waals surface area (Å²) in [6, 6.07) is 10.6. The van der Waals surface area contributed by atoms with E-state index in [0.717, 1.165) is 11.1 Å². The van der Waals surface area contributed by atoms with Gasteiger partial charge >= 0.3 is 0 Å². The van der Waals surface area contributed by atoms with Gasteiger partial charge in [0, 0.05) is 11.6 Å². The maximum atomic E-state index is 13.1. The van der Waals surface area contributed by atoms with Crippen molar-refractivity contribution in [3.8, 4) is 0 Å². The van der Waals surface area contributed by atoms with Crippen molar-refractivity contribution in [1.29, 1.82) is 0 Å². The summed E-state index contributed by atoms with van der Waals surface area (Å²) >= 11 is 2.58. The zero-order valence-electron chi connectivity index (χ0n) is 15.3. The van der Waals surface area contributed by atoms with E-state index >= 15 is 0 Å². The van der Waals surface area contributed by atoms with Gasteiger partial charge < -0.3 is 5.11 Å². The number of anilines is 1. The van der Waals surface area contributed by atoms with Crippen LogP contribution in [-0.4, -0.2) is 21.8 Å². The molecule has 0 unspecified atom stereocenters. The van der Waals surface area contributed by atoms with Crippen molar-refractivity contribution in [2.24, 2.45) is 0 Å². The molecule has 142 valence electrons. The van der Waals surface area contributed by atoms with Crippen LogP contribution in [0, 0.1) is 0 Å². The molecule has 28 heavy (non-hydrogen) atoms. The number of aliphatic hydroxyl groups excluding tert-OH is 1. The Morgan fingerprint density at radius 1 is 1.14 bits per heavy atom. The van der Waals surface area contributed by atoms with Gasteiger partial charge in [-0.05, 0) is 28.5 Å². The molecular formula is C21H18N2O3S2. The number of thiazole rings is 1. The second kappa shape index (κ2) is 7.33. The van der Waals surface area contributed by atoms with Crippen molar-refractivity contribution in [2.45, 2.75) is 25.8 Å². The lowest BCUT2D eigenvalue weighted by molar-refractivity contribution is -0.117. The average Bonchev–Trinajstić information content (AvgIpc) is 3.43. The molecule has 0 saturated heterocycles. The first-order valence-corrected chi connectivity index (χ1v) is 10.6. The molecule has 1 aliphatic rings. The van der Waals surface area contributed by atoms with Crippen LogP contribution in [0.1, 0.15) is 46.6 Å². The number of carbonyl (C=O) groups is 2. The quantitative estimate of drug-likeness (QED) is 0.593. The second-order valence-corrected chi connectivity index (χ2v) is 8.60. The number of hydrogen-bond acceptors (Lipinski definition) is 6. The van der Waals surface area contributed by atoms with Gasteiger partial charge in [0.05, 0.1) is 16.5 Å². The van der Waals surface area contributed by atoms with Gasteiger partial charge in [0.1, 0.15) is 0 Å². The highest BCUT2D eigenvalue weighted by Crippen LogP contribution is 2.43. The molecule has 1 N–H and O–H groups in total. The first-order chi connectivity index (χ1) is 13.5. The van der Waals surface area contributed by atoms with Crippen LogP contribution in [0.3, 0.4) is 0 Å². The highest BCUT2D eigenvalue weighted by Gasteiger charge is 2.45. The summed E-state index contributed by atoms with van der Waals surface area (Å²) in [6.07, 6.45) is 1.60. The number of aliphatic hydroxyl groups is 1. The van der Waals surface area contributed by atoms with Crippen molar-refractivity contribution in [3.05, 3.63) is 80.7 Å². The normalized spacial score (nSPS) is 17.0. The molecule has 1 aromatic carbocycles. The maximum absolute atomic E-state index is 13.1. The van der Waals surface area contributed by atoms with Crippen LogP contribution >= 0.6 is 22.7 Å². The number of amides is 1. The Hall–Kier alpha value is -2.77. The van der Waals surface area contributed by atoms with Gasteiger partial charge in [0.15, 0.2) is 10.9 Å². The topological polar surface area (TPSA) is 70.5 Å². The van der Waals surface area contributed by atoms with Gasteiger partial charge in [0.25, 0.3) is 5.91 Å². The van der Waals surface area contributed by atoms with E-state index < -0.39 is 17.7 Å². The predicted molar refractivity (Wildman–Crippen MR) is 111 cm³/mol. The molecule has 0 aliphatic carbocycles. The lowest BCUT2D eigenvalue weighted by Crippen LogP contribution is -2.30. The molecule has 1 atom stereocenters. The summed E-state index contributed by atoms with van der Waals surface area (Å²) in [4.78, 5) is 32.1. The molecule has 0 spiro atoms. The van der Waals surface area contributed by atoms with Gasteiger partial charge in [-0.25, -0.2) is 4.98 Å². The smallest absolute Gasteiger partial charge is 0.296 e. The van der Waals surface area contributed by atoms with E-state index in [-0.39, 0.29) is 11.4 Å². The Morgan fingerprint density at radius 3 is 2.46 bits per heavy atom. The Balaban J connectivity index is 1.85. The highest BCUT2D eigenvalue weighted by atomic mass is 32.1. The Bertz CT molecular complexity index is 1040. The lowest BCUT2D eigenvalue weighted by Gasteiger charge is -2.24. The van der Waals surface area contributed by atoms with Crippen LogP contribution in [0.5, 0.6) is 0 Å². The van der Waals surface area contributed by atoms with Gasteiger partial charge in [-0.3, -0.25) is 14.5 Å². The molecule has 1 amide bonds. The van der Waals surface area contributed by atoms with E-state index in [1.165, 1.54) is 27.6 Å². The molecule has 0 radical (unpaired) electrons. The van der Waals surface area contributed by atoms with Crippen LogP contribution in [0.25, 0.3) is 0 Å². The van der Waals surface area contributed by atoms with Gasteiger partial charge in [-0.2, -0.15) is 0 Å². The van der Waals surface area contributed by atoms with Crippen molar-refractivity contribution in [2.75, 3.05) is 4.90 Å². The van der Waals surface area contributed by atoms with E-state index in [1.54, 1.807) is 29.1 Å². The predicted octanol–water partition coefficient (Wildman–Crippen LogP) is 5.11. The third-order valence-corrected chi connectivity index (χ3v) is 6.38. The number of carbonyl (C=O) groups excluding carboxylic acids is 2. The maximum Gasteiger partial charge on any atom is 0.296 e. The fourth-order valence-corrected chi connectivity index (χ4v) is 4.63. The Morgan fingerprint density at radius 2 is 1.89 bits per heavy atom. The van der Waals surface area contributed by atoms with Crippen molar-refractivity contribution < 1.29 is 14.7 Å². The molecular weight excluding hydrogens is 392 g/mol. The minimum atomic E-state index is -0.713. The number of benzene rings is 1. The second-order valence-electron chi connectivity index (χ2n) is 6.78. The summed E-state index contributed by atoms with van der Waals surface area (Å²) in [7, 11) is 0. The van der Waals surface area contributed by atoms with Crippen LogP contribution in [-0.2, 0) is 4.79 Å². The van der Waals surface area contributed by atoms with Crippen LogP contribution in [0.2, 0.25) is 0 Å². The first-order valence-electron chi connectivity index (χ1n) is 8.83. The number of ketones is 1. The van der Waals surface area contributed by atoms with E-state index in [2.05, 4.69) is 18.8 Å². The molecule has 0 fully saturated rings. The molecule has 4 rings (SSSR count). The molecule has 2 aromatic heterocycles. The molecule has 0 bridgehead atoms. The summed E-state index contributed by atoms with van der Waals surface area (Å²) in [5.41, 5.74) is 2.02. The molecule has 1 aliphatic heterocycles. The zero-order valence-corrected chi connectivity index (χ0v) is 17.0. The van der Waals surface area contributed by atoms with Crippen molar-refractivity contribution in [1.82, 2.24) is 4.98 Å². The van der Waals surface area contributed by atoms with E-state index in [9.17, 15) is 14.7 Å². The Labute approximate surface area is 170 Å². The fourth-order valence-electron chi connectivity index (χ4n) is 3.29. The van der Waals surface area contributed by atoms with E-state index in [1.807, 2.05) is 24.3 Å². The number of rotatable bonds is 5. The molecule has 3 aromatic rings. The largest absolute Gasteiger partial charge is 0.503 e. The summed E-state index contributed by atoms with van der Waals surface area (Å²) in [6.45, 7) is 4.21. The van der Waals surface area contributed by atoms with Gasteiger partial charge in [-0.15, -0.1) is 22.7 Å². The average molecular weight is 411 g/mol. The number of aromatic nitrogens is 1. The van der Waals surface area contributed by atoms with E-state index in [0.29, 0.717) is 15.9 Å². The van der Waals surface area contributed by atoms with Crippen molar-refractivity contribution in [3.63, 3.8) is 0 Å². The molecule has 0 saturated carbocycles. The minimum absolute atomic E-state index is 0.0972. The number of nitrogens with zero attached hydrogens (tertiary/aromatic N) is 2. The number of Topliss-reactive ketones (excluding diaryl/α,β-unsaturated/α-hetero) is 1. The third-order valence-electron chi connectivity index (χ3n) is 4.74. The highest BCUT2D eigenvalue weighted by molar-refractivity contribution is 7.14. The zero-order chi connectivity index (χ0) is 19.8. The van der Waals surface area contributed by atoms with Crippen LogP contribution in [0.15, 0.2) is 64.7 Å². The standard InChI is InChI=1S/C21H18N2O3S2/c1-12(2)13-5-7-14(8-6-13)17-16(18(24)15-4-3-10-27-15)19(25)20(26)23(17)21-22-9-11-28-21/h3-12,17,25H,1-2H3/t17-/m0/s1. The number of thiophene rings is 1. The minimum Gasteiger partial charge on any atom is -0.503 e. The van der Waals surface area contributed by atoms with E-state index in [4.69, 9.17) is 0 Å². The SMILES string of the molecule is CC(C)c1ccc([C@H]2C(C(=O)c3cccs3)=C(O)C(=O)N2c2nccs2)cc1. The summed E-state index contributed by atoms with van der Waals surface area (Å²) in [5.74, 6) is -1.08. The summed E-state index contributed by atoms with van der Waals surface area (Å²) < 4.78 is 0. The molecule has 3 heterocycles. The van der Waals surface area contributed by atoms with Gasteiger partial charge in [-0.1, -0.05) is 44.2 Å². The lowest BCUT2D eigenvalue weighted by atomic mass is 9.93. The van der Waals surface area contributed by atoms with Gasteiger partial charge in [0.2, 0.25) is 5.78 Å². The van der Waals surface area contributed by atoms with Crippen molar-refractivity contribution >= 4 is 39.5 Å². The first kappa shape index (κ1) is 18.6. The molecule has 7 heteroatoms. The fraction of sp³-hybridized carbons (Fsp3) is 0.190.